The zero-order valence-electron chi connectivity index (χ0n) is 14.4. The van der Waals surface area contributed by atoms with Gasteiger partial charge >= 0.3 is 6.03 Å². The van der Waals surface area contributed by atoms with Crippen LogP contribution < -0.4 is 15.8 Å². The molecular formula is C16H28N4O2. The Bertz CT molecular complexity index is 487. The van der Waals surface area contributed by atoms with Crippen molar-refractivity contribution < 1.29 is 9.53 Å². The molecule has 124 valence electrons. The van der Waals surface area contributed by atoms with E-state index in [4.69, 9.17) is 10.5 Å². The van der Waals surface area contributed by atoms with Gasteiger partial charge in [0.2, 0.25) is 0 Å². The van der Waals surface area contributed by atoms with Crippen molar-refractivity contribution in [1.82, 2.24) is 5.01 Å². The lowest BCUT2D eigenvalue weighted by Crippen LogP contribution is -2.32. The SMILES string of the molecule is C=NN(C(=C)N)C(=O)Nc1cc(C)ccc1OC.CC.CC. The summed E-state index contributed by atoms with van der Waals surface area (Å²) in [5.41, 5.74) is 6.92. The molecule has 0 aromatic heterocycles. The highest BCUT2D eigenvalue weighted by atomic mass is 16.5. The number of amides is 2. The largest absolute Gasteiger partial charge is 0.495 e. The standard InChI is InChI=1S/C12H16N4O2.2C2H6/c1-8-5-6-11(18-4)10(7-8)15-12(17)16(14-3)9(2)13;2*1-2/h5-7H,2-3,13H2,1,4H3,(H,15,17);2*1-2H3. The normalized spacial score (nSPS) is 8.27. The predicted octanol–water partition coefficient (Wildman–Crippen LogP) is 3.94. The number of hydrogen-bond acceptors (Lipinski definition) is 4. The highest BCUT2D eigenvalue weighted by Crippen LogP contribution is 2.25. The van der Waals surface area contributed by atoms with Crippen molar-refractivity contribution in [2.24, 2.45) is 10.8 Å². The fourth-order valence-electron chi connectivity index (χ4n) is 1.37. The molecule has 0 saturated carbocycles. The van der Waals surface area contributed by atoms with Crippen LogP contribution in [0.15, 0.2) is 35.7 Å². The Kier molecular flexibility index (Phi) is 12.1. The van der Waals surface area contributed by atoms with Gasteiger partial charge in [0, 0.05) is 6.72 Å². The molecule has 0 saturated heterocycles. The molecule has 0 spiro atoms. The Hall–Kier alpha value is -2.50. The maximum Gasteiger partial charge on any atom is 0.348 e. The second kappa shape index (κ2) is 12.3. The minimum Gasteiger partial charge on any atom is -0.495 e. The van der Waals surface area contributed by atoms with E-state index in [1.807, 2.05) is 40.7 Å². The third kappa shape index (κ3) is 6.78. The first-order chi connectivity index (χ1) is 10.5. The number of methoxy groups -OCH3 is 1. The van der Waals surface area contributed by atoms with Gasteiger partial charge in [0.15, 0.2) is 0 Å². The van der Waals surface area contributed by atoms with Gasteiger partial charge in [-0.15, -0.1) is 0 Å². The molecule has 0 fully saturated rings. The van der Waals surface area contributed by atoms with Crippen LogP contribution in [0.3, 0.4) is 0 Å². The number of anilines is 1. The van der Waals surface area contributed by atoms with Crippen molar-refractivity contribution in [1.29, 1.82) is 0 Å². The zero-order valence-corrected chi connectivity index (χ0v) is 14.4. The number of carbonyl (C=O) groups is 1. The lowest BCUT2D eigenvalue weighted by Gasteiger charge is -2.17. The van der Waals surface area contributed by atoms with Crippen LogP contribution in [-0.4, -0.2) is 24.9 Å². The van der Waals surface area contributed by atoms with Crippen molar-refractivity contribution in [3.63, 3.8) is 0 Å². The number of aryl methyl sites for hydroxylation is 1. The highest BCUT2D eigenvalue weighted by Gasteiger charge is 2.15. The predicted molar refractivity (Wildman–Crippen MR) is 94.2 cm³/mol. The monoisotopic (exact) mass is 308 g/mol. The average Bonchev–Trinajstić information content (AvgIpc) is 2.52. The van der Waals surface area contributed by atoms with Crippen LogP contribution >= 0.6 is 0 Å². The molecule has 6 nitrogen and oxygen atoms in total. The summed E-state index contributed by atoms with van der Waals surface area (Å²) < 4.78 is 5.14. The molecule has 1 rings (SSSR count). The maximum absolute atomic E-state index is 11.8. The molecule has 6 heteroatoms. The van der Waals surface area contributed by atoms with E-state index in [-0.39, 0.29) is 5.82 Å². The number of nitrogens with two attached hydrogens (primary N) is 1. The molecule has 2 amide bonds. The molecule has 0 aliphatic carbocycles. The van der Waals surface area contributed by atoms with Gasteiger partial charge in [0.25, 0.3) is 0 Å². The summed E-state index contributed by atoms with van der Waals surface area (Å²) in [4.78, 5) is 11.8. The van der Waals surface area contributed by atoms with Gasteiger partial charge in [-0.25, -0.2) is 4.79 Å². The number of urea groups is 1. The Labute approximate surface area is 133 Å². The third-order valence-electron chi connectivity index (χ3n) is 2.20. The minimum atomic E-state index is -0.554. The molecule has 0 radical (unpaired) electrons. The van der Waals surface area contributed by atoms with Crippen LogP contribution in [0.1, 0.15) is 33.3 Å². The molecular weight excluding hydrogens is 280 g/mol. The van der Waals surface area contributed by atoms with Gasteiger partial charge in [-0.05, 0) is 24.6 Å². The molecule has 0 aliphatic rings. The van der Waals surface area contributed by atoms with E-state index in [2.05, 4.69) is 23.7 Å². The van der Waals surface area contributed by atoms with Gasteiger partial charge < -0.3 is 15.8 Å². The van der Waals surface area contributed by atoms with Crippen LogP contribution in [0.4, 0.5) is 10.5 Å². The minimum absolute atomic E-state index is 0.0193. The quantitative estimate of drug-likeness (QED) is 0.653. The van der Waals surface area contributed by atoms with E-state index in [0.717, 1.165) is 10.6 Å². The molecule has 1 aromatic rings. The van der Waals surface area contributed by atoms with Crippen LogP contribution in [0.25, 0.3) is 0 Å². The number of nitrogens with one attached hydrogen (secondary N) is 1. The van der Waals surface area contributed by atoms with Gasteiger partial charge in [0.05, 0.1) is 12.8 Å². The van der Waals surface area contributed by atoms with Crippen molar-refractivity contribution in [2.45, 2.75) is 34.6 Å². The number of ether oxygens (including phenoxy) is 1. The van der Waals surface area contributed by atoms with Crippen LogP contribution in [0, 0.1) is 6.92 Å². The summed E-state index contributed by atoms with van der Waals surface area (Å²) in [6.07, 6.45) is 0. The fraction of sp³-hybridized carbons (Fsp3) is 0.375. The molecule has 0 bridgehead atoms. The molecule has 0 heterocycles. The molecule has 0 aliphatic heterocycles. The second-order valence-corrected chi connectivity index (χ2v) is 3.58. The smallest absolute Gasteiger partial charge is 0.348 e. The summed E-state index contributed by atoms with van der Waals surface area (Å²) in [6.45, 7) is 16.6. The molecule has 3 N–H and O–H groups in total. The van der Waals surface area contributed by atoms with E-state index in [9.17, 15) is 4.79 Å². The number of hydrazone groups is 1. The van der Waals surface area contributed by atoms with Crippen LogP contribution in [-0.2, 0) is 0 Å². The van der Waals surface area contributed by atoms with Crippen LogP contribution in [0.2, 0.25) is 0 Å². The number of carbonyl (C=O) groups excluding carboxylic acids is 1. The summed E-state index contributed by atoms with van der Waals surface area (Å²) >= 11 is 0. The topological polar surface area (TPSA) is 80.0 Å². The van der Waals surface area contributed by atoms with E-state index < -0.39 is 6.03 Å². The summed E-state index contributed by atoms with van der Waals surface area (Å²) in [5.74, 6) is 0.523. The van der Waals surface area contributed by atoms with Gasteiger partial charge in [0.1, 0.15) is 11.6 Å². The lowest BCUT2D eigenvalue weighted by atomic mass is 10.2. The van der Waals surface area contributed by atoms with Gasteiger partial charge in [-0.2, -0.15) is 10.1 Å². The fourth-order valence-corrected chi connectivity index (χ4v) is 1.37. The third-order valence-corrected chi connectivity index (χ3v) is 2.20. The lowest BCUT2D eigenvalue weighted by molar-refractivity contribution is 0.226. The Morgan fingerprint density at radius 2 is 1.86 bits per heavy atom. The van der Waals surface area contributed by atoms with Gasteiger partial charge in [-0.3, -0.25) is 0 Å². The van der Waals surface area contributed by atoms with Crippen molar-refractivity contribution in [3.8, 4) is 5.75 Å². The second-order valence-electron chi connectivity index (χ2n) is 3.58. The average molecular weight is 308 g/mol. The zero-order chi connectivity index (χ0) is 17.7. The summed E-state index contributed by atoms with van der Waals surface area (Å²) in [7, 11) is 1.52. The van der Waals surface area contributed by atoms with E-state index in [1.165, 1.54) is 7.11 Å². The van der Waals surface area contributed by atoms with E-state index >= 15 is 0 Å². The first-order valence-corrected chi connectivity index (χ1v) is 7.16. The maximum atomic E-state index is 11.8. The van der Waals surface area contributed by atoms with E-state index in [0.29, 0.717) is 11.4 Å². The molecule has 0 atom stereocenters. The number of benzene rings is 1. The first kappa shape index (κ1) is 21.8. The molecule has 22 heavy (non-hydrogen) atoms. The van der Waals surface area contributed by atoms with Crippen molar-refractivity contribution >= 4 is 18.4 Å². The summed E-state index contributed by atoms with van der Waals surface area (Å²) in [6, 6.07) is 4.85. The summed E-state index contributed by atoms with van der Waals surface area (Å²) in [5, 5.41) is 6.95. The van der Waals surface area contributed by atoms with E-state index in [1.54, 1.807) is 12.1 Å². The number of hydrogen-bond donors (Lipinski definition) is 2. The van der Waals surface area contributed by atoms with Gasteiger partial charge in [-0.1, -0.05) is 40.3 Å². The van der Waals surface area contributed by atoms with Crippen LogP contribution in [0.5, 0.6) is 5.75 Å². The first-order valence-electron chi connectivity index (χ1n) is 7.16. The molecule has 1 aromatic carbocycles. The van der Waals surface area contributed by atoms with Crippen molar-refractivity contribution in [3.05, 3.63) is 36.2 Å². The number of nitrogens with zero attached hydrogens (tertiary/aromatic N) is 2. The molecule has 0 unspecified atom stereocenters. The Balaban J connectivity index is 0. The Morgan fingerprint density at radius 1 is 1.32 bits per heavy atom. The number of rotatable bonds is 4. The van der Waals surface area contributed by atoms with Crippen molar-refractivity contribution in [2.75, 3.05) is 12.4 Å². The Morgan fingerprint density at radius 3 is 2.27 bits per heavy atom. The highest BCUT2D eigenvalue weighted by molar-refractivity contribution is 5.92.